The van der Waals surface area contributed by atoms with Crippen molar-refractivity contribution >= 4 is 105 Å². The number of halogens is 4. The first kappa shape index (κ1) is 43.9. The zero-order chi connectivity index (χ0) is 45.9. The van der Waals surface area contributed by atoms with Crippen molar-refractivity contribution in [2.75, 3.05) is 57.4 Å². The highest BCUT2D eigenvalue weighted by Gasteiger charge is 2.63. The third-order valence-electron chi connectivity index (χ3n) is 11.4. The van der Waals surface area contributed by atoms with Crippen LogP contribution in [0.15, 0.2) is 133 Å². The number of fused-ring (bicyclic) bond motifs is 1. The van der Waals surface area contributed by atoms with Gasteiger partial charge in [-0.2, -0.15) is 0 Å². The number of methoxy groups -OCH3 is 6. The molecule has 0 fully saturated rings. The average molecular weight is 970 g/mol. The van der Waals surface area contributed by atoms with Gasteiger partial charge in [0.25, 0.3) is 0 Å². The zero-order valence-electron chi connectivity index (χ0n) is 36.2. The van der Waals surface area contributed by atoms with Crippen LogP contribution in [0.1, 0.15) is 6.92 Å². The molecule has 0 N–H and O–H groups in total. The van der Waals surface area contributed by atoms with Crippen LogP contribution >= 0.6 is 46.4 Å². The molecule has 0 saturated carbocycles. The van der Waals surface area contributed by atoms with Crippen LogP contribution < -0.4 is 57.6 Å². The van der Waals surface area contributed by atoms with E-state index in [9.17, 15) is 0 Å². The van der Waals surface area contributed by atoms with Gasteiger partial charge in [0.1, 0.15) is 44.6 Å². The second-order valence-corrected chi connectivity index (χ2v) is 19.1. The largest absolute Gasteiger partial charge is 0.540 e. The molecule has 0 radical (unpaired) electrons. The summed E-state index contributed by atoms with van der Waals surface area (Å²) in [5.41, 5.74) is 6.02. The Bertz CT molecular complexity index is 2910. The average Bonchev–Trinajstić information content (AvgIpc) is 3.73. The fraction of sp³-hybridized carbons (Fsp3) is 0.143. The minimum atomic E-state index is -4.38. The summed E-state index contributed by atoms with van der Waals surface area (Å²) in [5, 5.41) is 1.40. The van der Waals surface area contributed by atoms with E-state index < -0.39 is 8.56 Å². The third kappa shape index (κ3) is 7.20. The molecule has 3 heterocycles. The van der Waals surface area contributed by atoms with Gasteiger partial charge in [0, 0.05) is 58.8 Å². The Labute approximate surface area is 397 Å². The lowest BCUT2D eigenvalue weighted by atomic mass is 10.1. The van der Waals surface area contributed by atoms with Gasteiger partial charge in [-0.1, -0.05) is 53.0 Å². The first-order chi connectivity index (χ1) is 31.4. The van der Waals surface area contributed by atoms with Gasteiger partial charge in [0.15, 0.2) is 11.5 Å². The minimum Gasteiger partial charge on any atom is -0.501 e. The molecule has 65 heavy (non-hydrogen) atoms. The molecule has 0 unspecified atom stereocenters. The molecule has 0 aliphatic carbocycles. The van der Waals surface area contributed by atoms with E-state index in [1.54, 1.807) is 42.7 Å². The smallest absolute Gasteiger partial charge is 0.501 e. The number of hydrogen-bond donors (Lipinski definition) is 0. The van der Waals surface area contributed by atoms with Crippen molar-refractivity contribution in [1.82, 2.24) is 0 Å². The Kier molecular flexibility index (Phi) is 11.7. The van der Waals surface area contributed by atoms with Crippen molar-refractivity contribution in [1.29, 1.82) is 0 Å². The van der Waals surface area contributed by atoms with Gasteiger partial charge in [0.2, 0.25) is 0 Å². The van der Waals surface area contributed by atoms with Gasteiger partial charge in [0.05, 0.1) is 85.8 Å². The summed E-state index contributed by atoms with van der Waals surface area (Å²) in [5.74, 6) is 3.83. The lowest BCUT2D eigenvalue weighted by Gasteiger charge is -2.44. The molecule has 3 aliphatic rings. The van der Waals surface area contributed by atoms with Crippen LogP contribution in [0.4, 0.5) is 39.8 Å². The first-order valence-electron chi connectivity index (χ1n) is 20.0. The number of hydrogen-bond acceptors (Lipinski definition) is 11. The van der Waals surface area contributed by atoms with E-state index in [0.29, 0.717) is 79.0 Å². The fourth-order valence-corrected chi connectivity index (χ4v) is 13.2. The molecule has 332 valence electrons. The summed E-state index contributed by atoms with van der Waals surface area (Å²) in [6, 6.07) is 30.9. The quantitative estimate of drug-likeness (QED) is 0.0789. The van der Waals surface area contributed by atoms with E-state index in [2.05, 4.69) is 16.4 Å². The van der Waals surface area contributed by atoms with E-state index in [1.807, 2.05) is 121 Å². The maximum Gasteiger partial charge on any atom is 0.540 e. The molecular weight excluding hydrogens is 928 g/mol. The predicted octanol–water partition coefficient (Wildman–Crippen LogP) is 12.4. The molecule has 0 atom stereocenters. The third-order valence-corrected chi connectivity index (χ3v) is 16.5. The van der Waals surface area contributed by atoms with Crippen LogP contribution in [0.5, 0.6) is 40.2 Å². The maximum absolute atomic E-state index is 7.53. The van der Waals surface area contributed by atoms with Crippen LogP contribution in [0, 0.1) is 0 Å². The highest BCUT2D eigenvalue weighted by atomic mass is 35.5. The molecule has 0 saturated heterocycles. The Morgan fingerprint density at radius 3 is 1.18 bits per heavy atom. The second-order valence-electron chi connectivity index (χ2n) is 14.9. The highest BCUT2D eigenvalue weighted by molar-refractivity contribution is 6.99. The molecular formula is C49H41Cl4N3O8Si. The molecule has 3 aliphatic heterocycles. The summed E-state index contributed by atoms with van der Waals surface area (Å²) in [4.78, 5) is 6.22. The summed E-state index contributed by atoms with van der Waals surface area (Å²) in [6.07, 6.45) is 3.80. The molecule has 9 rings (SSSR count). The van der Waals surface area contributed by atoms with E-state index in [0.717, 1.165) is 17.1 Å². The maximum atomic E-state index is 7.53. The monoisotopic (exact) mass is 967 g/mol. The minimum absolute atomic E-state index is 0.0197. The summed E-state index contributed by atoms with van der Waals surface area (Å²) < 4.78 is 50.4. The van der Waals surface area contributed by atoms with Crippen molar-refractivity contribution in [2.24, 2.45) is 0 Å². The number of rotatable bonds is 9. The molecule has 16 heteroatoms. The van der Waals surface area contributed by atoms with Crippen LogP contribution in [-0.2, 0) is 4.74 Å². The second kappa shape index (κ2) is 17.3. The topological polar surface area (TPSA) is 83.6 Å². The zero-order valence-corrected chi connectivity index (χ0v) is 40.2. The SMILES string of the molecule is C=C1/C=C(OC)\C=C(/C)N(c2ccc(OC)cc2)c2cc(OC)cc3c2[Si]2(Oc4c(Cl)c(Cl)c(Cl)c(Cl)c4O2)c2c(cc(OC)cc2N3c2ccc(OC)cc2)N1c1ccc(OC)cc1. The number of ether oxygens (including phenoxy) is 6. The Morgan fingerprint density at radius 2 is 0.800 bits per heavy atom. The Morgan fingerprint density at radius 1 is 0.446 bits per heavy atom. The molecule has 6 aromatic carbocycles. The van der Waals surface area contributed by atoms with Crippen molar-refractivity contribution in [3.05, 3.63) is 153 Å². The molecule has 2 bridgehead atoms. The van der Waals surface area contributed by atoms with E-state index in [4.69, 9.17) is 83.7 Å². The number of nitrogens with zero attached hydrogens (tertiary/aromatic N) is 3. The van der Waals surface area contributed by atoms with Crippen molar-refractivity contribution in [3.63, 3.8) is 0 Å². The number of benzene rings is 6. The van der Waals surface area contributed by atoms with Gasteiger partial charge in [-0.15, -0.1) is 0 Å². The molecule has 11 nitrogen and oxygen atoms in total. The van der Waals surface area contributed by atoms with Gasteiger partial charge >= 0.3 is 8.56 Å². The molecule has 0 amide bonds. The summed E-state index contributed by atoms with van der Waals surface area (Å²) in [6.45, 7) is 6.67. The van der Waals surface area contributed by atoms with Gasteiger partial charge in [-0.25, -0.2) is 0 Å². The Balaban J connectivity index is 1.53. The number of anilines is 7. The molecule has 6 aromatic rings. The van der Waals surface area contributed by atoms with E-state index in [-0.39, 0.29) is 31.6 Å². The summed E-state index contributed by atoms with van der Waals surface area (Å²) >= 11 is 27.9. The standard InChI is InChI=1S/C49H41Cl4N3O8Si/c1-27-21-35(60-6)22-28(2)55(30-11-17-33(58-4)18-12-30)39-24-37(62-8)26-41-49(39)65(63-46-44(52)42(50)43(51)45(53)47(46)64-65)48-38(54(27)29-9-15-32(57-3)16-10-29)23-36(61-7)25-40(48)56(41)31-13-19-34(59-5)20-14-31/h9-26H,1H2,2-8H3/b28-22+,35-21+. The van der Waals surface area contributed by atoms with Crippen LogP contribution in [0.2, 0.25) is 20.1 Å². The van der Waals surface area contributed by atoms with Gasteiger partial charge in [-0.05, 0) is 85.8 Å². The van der Waals surface area contributed by atoms with Crippen molar-refractivity contribution in [2.45, 2.75) is 6.92 Å². The molecule has 0 aromatic heterocycles. The first-order valence-corrected chi connectivity index (χ1v) is 23.4. The van der Waals surface area contributed by atoms with Crippen LogP contribution in [-0.4, -0.2) is 51.2 Å². The van der Waals surface area contributed by atoms with E-state index in [1.165, 1.54) is 0 Å². The highest BCUT2D eigenvalue weighted by Crippen LogP contribution is 2.58. The Hall–Kier alpha value is -6.28. The van der Waals surface area contributed by atoms with Crippen LogP contribution in [0.3, 0.4) is 0 Å². The molecule has 1 spiro atoms. The predicted molar refractivity (Wildman–Crippen MR) is 262 cm³/mol. The normalized spacial score (nSPS) is 16.2. The fourth-order valence-electron chi connectivity index (χ4n) is 8.45. The lowest BCUT2D eigenvalue weighted by molar-refractivity contribution is 0.306. The lowest BCUT2D eigenvalue weighted by Crippen LogP contribution is -2.71. The number of allylic oxidation sites excluding steroid dienone is 3. The van der Waals surface area contributed by atoms with Gasteiger partial charge in [-0.3, -0.25) is 0 Å². The van der Waals surface area contributed by atoms with Gasteiger partial charge < -0.3 is 52.0 Å². The van der Waals surface area contributed by atoms with Crippen LogP contribution in [0.25, 0.3) is 0 Å². The van der Waals surface area contributed by atoms with E-state index >= 15 is 0 Å². The van der Waals surface area contributed by atoms with Crippen molar-refractivity contribution < 1.29 is 37.3 Å². The summed E-state index contributed by atoms with van der Waals surface area (Å²) in [7, 11) is 5.36. The van der Waals surface area contributed by atoms with Crippen molar-refractivity contribution in [3.8, 4) is 40.2 Å².